The number of benzene rings is 1. The normalized spacial score (nSPS) is 10.7. The standard InChI is InChI=1S/C12H12BrCl2N3/c1-7-8(6-17-18(7)2)5-16-12-10(14)3-9(13)4-11(12)15/h3-4,6,16H,5H2,1-2H3. The number of hydrogen-bond donors (Lipinski definition) is 1. The van der Waals surface area contributed by atoms with Crippen LogP contribution in [0.15, 0.2) is 22.8 Å². The summed E-state index contributed by atoms with van der Waals surface area (Å²) in [5.41, 5.74) is 2.98. The molecule has 0 atom stereocenters. The molecule has 0 bridgehead atoms. The molecule has 3 nitrogen and oxygen atoms in total. The number of nitrogens with one attached hydrogen (secondary N) is 1. The van der Waals surface area contributed by atoms with Gasteiger partial charge in [-0.05, 0) is 19.1 Å². The third-order valence-corrected chi connectivity index (χ3v) is 3.85. The largest absolute Gasteiger partial charge is 0.378 e. The Hall–Kier alpha value is -0.710. The van der Waals surface area contributed by atoms with Crippen LogP contribution in [0.4, 0.5) is 5.69 Å². The van der Waals surface area contributed by atoms with Gasteiger partial charge in [0.05, 0.1) is 21.9 Å². The lowest BCUT2D eigenvalue weighted by Crippen LogP contribution is -2.02. The Morgan fingerprint density at radius 1 is 1.33 bits per heavy atom. The summed E-state index contributed by atoms with van der Waals surface area (Å²) in [7, 11) is 1.92. The molecule has 6 heteroatoms. The van der Waals surface area contributed by atoms with E-state index in [2.05, 4.69) is 26.3 Å². The van der Waals surface area contributed by atoms with Crippen LogP contribution in [0.3, 0.4) is 0 Å². The lowest BCUT2D eigenvalue weighted by Gasteiger charge is -2.10. The van der Waals surface area contributed by atoms with Gasteiger partial charge in [0.25, 0.3) is 0 Å². The molecule has 0 spiro atoms. The summed E-state index contributed by atoms with van der Waals surface area (Å²) in [5, 5.41) is 8.62. The third kappa shape index (κ3) is 2.82. The first kappa shape index (κ1) is 13.7. The number of hydrogen-bond acceptors (Lipinski definition) is 2. The zero-order valence-corrected chi connectivity index (χ0v) is 13.1. The molecule has 0 amide bonds. The Kier molecular flexibility index (Phi) is 4.20. The fraction of sp³-hybridized carbons (Fsp3) is 0.250. The molecule has 0 fully saturated rings. The smallest absolute Gasteiger partial charge is 0.0722 e. The summed E-state index contributed by atoms with van der Waals surface area (Å²) >= 11 is 15.6. The van der Waals surface area contributed by atoms with Gasteiger partial charge in [-0.3, -0.25) is 4.68 Å². The van der Waals surface area contributed by atoms with E-state index in [1.165, 1.54) is 0 Å². The fourth-order valence-corrected chi connectivity index (χ4v) is 2.95. The lowest BCUT2D eigenvalue weighted by atomic mass is 10.2. The Morgan fingerprint density at radius 3 is 2.44 bits per heavy atom. The van der Waals surface area contributed by atoms with Gasteiger partial charge in [-0.1, -0.05) is 39.1 Å². The fourth-order valence-electron chi connectivity index (χ4n) is 1.61. The van der Waals surface area contributed by atoms with Crippen LogP contribution >= 0.6 is 39.1 Å². The van der Waals surface area contributed by atoms with Crippen LogP contribution in [0.25, 0.3) is 0 Å². The Morgan fingerprint density at radius 2 is 1.94 bits per heavy atom. The quantitative estimate of drug-likeness (QED) is 0.890. The van der Waals surface area contributed by atoms with Crippen LogP contribution in [0.2, 0.25) is 10.0 Å². The molecule has 1 heterocycles. The Bertz CT molecular complexity index is 558. The monoisotopic (exact) mass is 347 g/mol. The van der Waals surface area contributed by atoms with Crippen molar-refractivity contribution in [2.24, 2.45) is 7.05 Å². The minimum atomic E-state index is 0.593. The number of aryl methyl sites for hydroxylation is 1. The minimum Gasteiger partial charge on any atom is -0.378 e. The van der Waals surface area contributed by atoms with Crippen LogP contribution in [0.1, 0.15) is 11.3 Å². The van der Waals surface area contributed by atoms with Crippen LogP contribution in [-0.2, 0) is 13.6 Å². The molecule has 0 radical (unpaired) electrons. The van der Waals surface area contributed by atoms with Crippen molar-refractivity contribution in [3.05, 3.63) is 44.1 Å². The molecule has 0 aliphatic heterocycles. The number of rotatable bonds is 3. The Balaban J connectivity index is 2.18. The highest BCUT2D eigenvalue weighted by molar-refractivity contribution is 9.10. The minimum absolute atomic E-state index is 0.593. The van der Waals surface area contributed by atoms with Gasteiger partial charge in [-0.25, -0.2) is 0 Å². The molecule has 96 valence electrons. The van der Waals surface area contributed by atoms with E-state index in [4.69, 9.17) is 23.2 Å². The predicted molar refractivity (Wildman–Crippen MR) is 79.4 cm³/mol. The van der Waals surface area contributed by atoms with Crippen molar-refractivity contribution >= 4 is 44.8 Å². The second kappa shape index (κ2) is 5.51. The van der Waals surface area contributed by atoms with E-state index in [0.717, 1.165) is 21.4 Å². The van der Waals surface area contributed by atoms with Crippen molar-refractivity contribution in [2.75, 3.05) is 5.32 Å². The van der Waals surface area contributed by atoms with Crippen molar-refractivity contribution in [1.29, 1.82) is 0 Å². The molecular weight excluding hydrogens is 337 g/mol. The number of halogens is 3. The number of aromatic nitrogens is 2. The maximum absolute atomic E-state index is 6.15. The molecule has 2 rings (SSSR count). The summed E-state index contributed by atoms with van der Waals surface area (Å²) in [4.78, 5) is 0. The van der Waals surface area contributed by atoms with Gasteiger partial charge in [0.2, 0.25) is 0 Å². The van der Waals surface area contributed by atoms with E-state index in [1.807, 2.05) is 37.0 Å². The van der Waals surface area contributed by atoms with E-state index < -0.39 is 0 Å². The summed E-state index contributed by atoms with van der Waals surface area (Å²) in [6.45, 7) is 2.66. The Labute approximate surface area is 124 Å². The molecule has 0 saturated heterocycles. The van der Waals surface area contributed by atoms with Crippen LogP contribution in [-0.4, -0.2) is 9.78 Å². The molecule has 0 unspecified atom stereocenters. The van der Waals surface area contributed by atoms with Gasteiger partial charge in [-0.2, -0.15) is 5.10 Å². The molecule has 1 aromatic heterocycles. The van der Waals surface area contributed by atoms with Gasteiger partial charge < -0.3 is 5.32 Å². The highest BCUT2D eigenvalue weighted by atomic mass is 79.9. The number of nitrogens with zero attached hydrogens (tertiary/aromatic N) is 2. The van der Waals surface area contributed by atoms with Gasteiger partial charge in [0, 0.05) is 29.3 Å². The lowest BCUT2D eigenvalue weighted by molar-refractivity contribution is 0.738. The van der Waals surface area contributed by atoms with Crippen LogP contribution in [0, 0.1) is 6.92 Å². The highest BCUT2D eigenvalue weighted by Crippen LogP contribution is 2.34. The van der Waals surface area contributed by atoms with Gasteiger partial charge >= 0.3 is 0 Å². The maximum Gasteiger partial charge on any atom is 0.0722 e. The van der Waals surface area contributed by atoms with E-state index in [-0.39, 0.29) is 0 Å². The molecular formula is C12H12BrCl2N3. The zero-order valence-electron chi connectivity index (χ0n) is 9.97. The first-order valence-electron chi connectivity index (χ1n) is 5.35. The van der Waals surface area contributed by atoms with Gasteiger partial charge in [0.1, 0.15) is 0 Å². The summed E-state index contributed by atoms with van der Waals surface area (Å²) in [6, 6.07) is 3.62. The first-order valence-corrected chi connectivity index (χ1v) is 6.90. The molecule has 18 heavy (non-hydrogen) atoms. The molecule has 2 aromatic rings. The van der Waals surface area contributed by atoms with E-state index >= 15 is 0 Å². The topological polar surface area (TPSA) is 29.9 Å². The molecule has 0 aliphatic rings. The first-order chi connectivity index (χ1) is 8.49. The second-order valence-corrected chi connectivity index (χ2v) is 5.71. The predicted octanol–water partition coefficient (Wildman–Crippen LogP) is 4.41. The van der Waals surface area contributed by atoms with Crippen molar-refractivity contribution in [3.63, 3.8) is 0 Å². The number of anilines is 1. The maximum atomic E-state index is 6.15. The highest BCUT2D eigenvalue weighted by Gasteiger charge is 2.09. The second-order valence-electron chi connectivity index (χ2n) is 3.98. The van der Waals surface area contributed by atoms with Crippen molar-refractivity contribution in [3.8, 4) is 0 Å². The third-order valence-electron chi connectivity index (χ3n) is 2.80. The van der Waals surface area contributed by atoms with Gasteiger partial charge in [-0.15, -0.1) is 0 Å². The van der Waals surface area contributed by atoms with E-state index in [9.17, 15) is 0 Å². The average molecular weight is 349 g/mol. The van der Waals surface area contributed by atoms with Gasteiger partial charge in [0.15, 0.2) is 0 Å². The average Bonchev–Trinajstić information content (AvgIpc) is 2.59. The summed E-state index contributed by atoms with van der Waals surface area (Å²) in [6.07, 6.45) is 1.84. The van der Waals surface area contributed by atoms with Crippen LogP contribution in [0.5, 0.6) is 0 Å². The van der Waals surface area contributed by atoms with Crippen molar-refractivity contribution in [1.82, 2.24) is 9.78 Å². The van der Waals surface area contributed by atoms with E-state index in [1.54, 1.807) is 0 Å². The molecule has 0 aliphatic carbocycles. The van der Waals surface area contributed by atoms with Crippen molar-refractivity contribution in [2.45, 2.75) is 13.5 Å². The molecule has 0 saturated carbocycles. The summed E-state index contributed by atoms with van der Waals surface area (Å²) < 4.78 is 2.70. The zero-order chi connectivity index (χ0) is 13.3. The van der Waals surface area contributed by atoms with E-state index in [0.29, 0.717) is 16.6 Å². The van der Waals surface area contributed by atoms with Crippen LogP contribution < -0.4 is 5.32 Å². The van der Waals surface area contributed by atoms with Crippen molar-refractivity contribution < 1.29 is 0 Å². The molecule has 1 N–H and O–H groups in total. The molecule has 1 aromatic carbocycles. The SMILES string of the molecule is Cc1c(CNc2c(Cl)cc(Br)cc2Cl)cnn1C. The summed E-state index contributed by atoms with van der Waals surface area (Å²) in [5.74, 6) is 0.